The molecule has 0 aromatic rings. The summed E-state index contributed by atoms with van der Waals surface area (Å²) in [6, 6.07) is 0. The Morgan fingerprint density at radius 2 is 1.30 bits per heavy atom. The largest absolute Gasteiger partial charge is 0.481 e. The number of rotatable bonds is 7. The van der Waals surface area contributed by atoms with Gasteiger partial charge in [-0.2, -0.15) is 0 Å². The number of allylic oxidation sites excluding steroid dienone is 2. The minimum atomic E-state index is -1.39. The number of ether oxygens (including phenoxy) is 2. The highest BCUT2D eigenvalue weighted by atomic mass is 16.5. The lowest BCUT2D eigenvalue weighted by molar-refractivity contribution is -0.147. The molecule has 7 heteroatoms. The summed E-state index contributed by atoms with van der Waals surface area (Å²) in [6.45, 7) is 7.09. The Morgan fingerprint density at radius 3 is 1.57 bits per heavy atom. The maximum absolute atomic E-state index is 12.2. The lowest BCUT2D eigenvalue weighted by Crippen LogP contribution is -2.38. The lowest BCUT2D eigenvalue weighted by Gasteiger charge is -2.29. The van der Waals surface area contributed by atoms with Gasteiger partial charge >= 0.3 is 17.9 Å². The summed E-state index contributed by atoms with van der Waals surface area (Å²) in [7, 11) is 0. The molecule has 0 amide bonds. The second-order valence-corrected chi connectivity index (χ2v) is 4.83. The predicted molar refractivity (Wildman–Crippen MR) is 82.2 cm³/mol. The predicted octanol–water partition coefficient (Wildman–Crippen LogP) is 1.74. The number of carboxylic acid groups (broad SMARTS) is 1. The molecular formula is C16H23NO6. The third kappa shape index (κ3) is 3.91. The molecule has 1 rings (SSSR count). The number of hydrogen-bond donors (Lipinski definition) is 2. The molecule has 0 radical (unpaired) electrons. The SMILES string of the molecule is CCOC(=O)C1=C(CC)NC(CC)=C(C(=O)OCC)C1C(=O)O. The van der Waals surface area contributed by atoms with E-state index < -0.39 is 23.8 Å². The number of aliphatic carboxylic acids is 1. The van der Waals surface area contributed by atoms with E-state index in [1.807, 2.05) is 0 Å². The van der Waals surface area contributed by atoms with E-state index in [0.717, 1.165) is 0 Å². The third-order valence-electron chi connectivity index (χ3n) is 3.47. The van der Waals surface area contributed by atoms with Gasteiger partial charge in [0.25, 0.3) is 0 Å². The van der Waals surface area contributed by atoms with Gasteiger partial charge in [-0.05, 0) is 26.7 Å². The van der Waals surface area contributed by atoms with Crippen LogP contribution in [0, 0.1) is 5.92 Å². The number of carboxylic acids is 1. The van der Waals surface area contributed by atoms with Crippen molar-refractivity contribution in [2.75, 3.05) is 13.2 Å². The summed E-state index contributed by atoms with van der Waals surface area (Å²) in [5.74, 6) is -4.14. The Balaban J connectivity index is 3.48. The van der Waals surface area contributed by atoms with Crippen LogP contribution in [0.25, 0.3) is 0 Å². The summed E-state index contributed by atoms with van der Waals surface area (Å²) in [6.07, 6.45) is 0.828. The van der Waals surface area contributed by atoms with Crippen molar-refractivity contribution >= 4 is 17.9 Å². The van der Waals surface area contributed by atoms with Crippen molar-refractivity contribution in [1.82, 2.24) is 5.32 Å². The van der Waals surface area contributed by atoms with Crippen LogP contribution < -0.4 is 5.32 Å². The minimum absolute atomic E-state index is 0.0397. The number of esters is 2. The van der Waals surface area contributed by atoms with Crippen LogP contribution >= 0.6 is 0 Å². The average Bonchev–Trinajstić information content (AvgIpc) is 2.52. The van der Waals surface area contributed by atoms with E-state index in [9.17, 15) is 19.5 Å². The highest BCUT2D eigenvalue weighted by molar-refractivity contribution is 6.05. The van der Waals surface area contributed by atoms with Crippen LogP contribution in [0.2, 0.25) is 0 Å². The molecule has 128 valence electrons. The average molecular weight is 325 g/mol. The molecular weight excluding hydrogens is 302 g/mol. The quantitative estimate of drug-likeness (QED) is 0.687. The molecule has 0 atom stereocenters. The van der Waals surface area contributed by atoms with Crippen molar-refractivity contribution in [1.29, 1.82) is 0 Å². The monoisotopic (exact) mass is 325 g/mol. The van der Waals surface area contributed by atoms with Crippen LogP contribution in [0.3, 0.4) is 0 Å². The Bertz CT molecular complexity index is 519. The molecule has 1 aliphatic heterocycles. The molecule has 0 saturated carbocycles. The summed E-state index contributed by atoms with van der Waals surface area (Å²) >= 11 is 0. The van der Waals surface area contributed by atoms with E-state index in [0.29, 0.717) is 24.2 Å². The van der Waals surface area contributed by atoms with Crippen molar-refractivity contribution in [2.24, 2.45) is 5.92 Å². The molecule has 0 aromatic carbocycles. The first-order valence-corrected chi connectivity index (χ1v) is 7.72. The molecule has 0 unspecified atom stereocenters. The highest BCUT2D eigenvalue weighted by Gasteiger charge is 2.42. The summed E-state index contributed by atoms with van der Waals surface area (Å²) in [4.78, 5) is 36.3. The van der Waals surface area contributed by atoms with Crippen molar-refractivity contribution in [3.05, 3.63) is 22.5 Å². The van der Waals surface area contributed by atoms with Gasteiger partial charge in [-0.1, -0.05) is 13.8 Å². The van der Waals surface area contributed by atoms with E-state index in [2.05, 4.69) is 5.32 Å². The molecule has 1 aliphatic rings. The lowest BCUT2D eigenvalue weighted by atomic mass is 9.84. The minimum Gasteiger partial charge on any atom is -0.481 e. The molecule has 0 fully saturated rings. The van der Waals surface area contributed by atoms with Gasteiger partial charge in [0.1, 0.15) is 5.92 Å². The molecule has 0 aliphatic carbocycles. The van der Waals surface area contributed by atoms with Crippen molar-refractivity contribution in [2.45, 2.75) is 40.5 Å². The van der Waals surface area contributed by atoms with Gasteiger partial charge in [-0.3, -0.25) is 4.79 Å². The van der Waals surface area contributed by atoms with Crippen molar-refractivity contribution < 1.29 is 29.0 Å². The van der Waals surface area contributed by atoms with Gasteiger partial charge in [-0.15, -0.1) is 0 Å². The van der Waals surface area contributed by atoms with Crippen LogP contribution in [-0.2, 0) is 23.9 Å². The molecule has 2 N–H and O–H groups in total. The van der Waals surface area contributed by atoms with E-state index in [-0.39, 0.29) is 24.4 Å². The zero-order valence-electron chi connectivity index (χ0n) is 13.9. The zero-order valence-corrected chi connectivity index (χ0v) is 13.9. The van der Waals surface area contributed by atoms with Crippen LogP contribution in [0.15, 0.2) is 22.5 Å². The van der Waals surface area contributed by atoms with E-state index in [1.165, 1.54) is 0 Å². The molecule has 0 bridgehead atoms. The van der Waals surface area contributed by atoms with E-state index >= 15 is 0 Å². The normalized spacial score (nSPS) is 15.3. The van der Waals surface area contributed by atoms with Gasteiger partial charge in [0.2, 0.25) is 0 Å². The third-order valence-corrected chi connectivity index (χ3v) is 3.47. The second kappa shape index (κ2) is 8.36. The standard InChI is InChI=1S/C16H23NO6/c1-5-9-11(15(20)22-7-3)13(14(18)19)12(10(6-2)17-9)16(21)23-8-4/h13,17H,5-8H2,1-4H3,(H,18,19). The number of dihydropyridines is 1. The van der Waals surface area contributed by atoms with Crippen LogP contribution in [0.4, 0.5) is 0 Å². The number of carbonyl (C=O) groups excluding carboxylic acids is 2. The highest BCUT2D eigenvalue weighted by Crippen LogP contribution is 2.33. The maximum Gasteiger partial charge on any atom is 0.337 e. The molecule has 1 heterocycles. The van der Waals surface area contributed by atoms with E-state index in [1.54, 1.807) is 27.7 Å². The molecule has 23 heavy (non-hydrogen) atoms. The molecule has 7 nitrogen and oxygen atoms in total. The smallest absolute Gasteiger partial charge is 0.337 e. The molecule has 0 saturated heterocycles. The Labute approximate surface area is 135 Å². The van der Waals surface area contributed by atoms with Gasteiger partial charge in [0.05, 0.1) is 24.4 Å². The van der Waals surface area contributed by atoms with Crippen molar-refractivity contribution in [3.8, 4) is 0 Å². The number of carbonyl (C=O) groups is 3. The Hall–Kier alpha value is -2.31. The Kier molecular flexibility index (Phi) is 6.81. The number of hydrogen-bond acceptors (Lipinski definition) is 6. The topological polar surface area (TPSA) is 102 Å². The van der Waals surface area contributed by atoms with Crippen LogP contribution in [0.5, 0.6) is 0 Å². The van der Waals surface area contributed by atoms with Gasteiger partial charge in [-0.25, -0.2) is 9.59 Å². The van der Waals surface area contributed by atoms with Gasteiger partial charge in [0, 0.05) is 11.4 Å². The first kappa shape index (κ1) is 18.7. The fourth-order valence-corrected chi connectivity index (χ4v) is 2.51. The van der Waals surface area contributed by atoms with Crippen molar-refractivity contribution in [3.63, 3.8) is 0 Å². The summed E-state index contributed by atoms with van der Waals surface area (Å²) in [5.41, 5.74) is 0.839. The zero-order chi connectivity index (χ0) is 17.6. The molecule has 0 aromatic heterocycles. The van der Waals surface area contributed by atoms with Gasteiger partial charge < -0.3 is 19.9 Å². The summed E-state index contributed by atoms with van der Waals surface area (Å²) < 4.78 is 9.95. The Morgan fingerprint density at radius 1 is 0.913 bits per heavy atom. The molecule has 0 spiro atoms. The fraction of sp³-hybridized carbons (Fsp3) is 0.562. The van der Waals surface area contributed by atoms with E-state index in [4.69, 9.17) is 9.47 Å². The second-order valence-electron chi connectivity index (χ2n) is 4.83. The summed E-state index contributed by atoms with van der Waals surface area (Å²) in [5, 5.41) is 12.6. The van der Waals surface area contributed by atoms with Gasteiger partial charge in [0.15, 0.2) is 0 Å². The fourth-order valence-electron chi connectivity index (χ4n) is 2.51. The first-order valence-electron chi connectivity index (χ1n) is 7.72. The first-order chi connectivity index (χ1) is 10.9. The van der Waals surface area contributed by atoms with Crippen LogP contribution in [0.1, 0.15) is 40.5 Å². The number of nitrogens with one attached hydrogen (secondary N) is 1. The van der Waals surface area contributed by atoms with Crippen LogP contribution in [-0.4, -0.2) is 36.2 Å². The maximum atomic E-state index is 12.2.